The van der Waals surface area contributed by atoms with Crippen molar-refractivity contribution in [2.75, 3.05) is 18.9 Å². The Morgan fingerprint density at radius 2 is 2.08 bits per heavy atom. The number of imidazole rings is 1. The van der Waals surface area contributed by atoms with Crippen LogP contribution in [0, 0.1) is 17.8 Å². The van der Waals surface area contributed by atoms with E-state index < -0.39 is 47.2 Å². The number of ether oxygens (including phenoxy) is 4. The highest BCUT2D eigenvalue weighted by Gasteiger charge is 2.58. The summed E-state index contributed by atoms with van der Waals surface area (Å²) in [5.74, 6) is 0.604. The number of terminal acetylenes is 1. The summed E-state index contributed by atoms with van der Waals surface area (Å²) in [4.78, 5) is 50.6. The molecule has 4 rings (SSSR count). The predicted octanol–water partition coefficient (Wildman–Crippen LogP) is 2.27. The molecule has 212 valence electrons. The van der Waals surface area contributed by atoms with E-state index in [2.05, 4.69) is 20.9 Å². The summed E-state index contributed by atoms with van der Waals surface area (Å²) in [7, 11) is 0. The molecule has 5 atom stereocenters. The molecule has 4 heterocycles. The minimum absolute atomic E-state index is 0.0163. The van der Waals surface area contributed by atoms with Crippen LogP contribution in [0.25, 0.3) is 11.2 Å². The van der Waals surface area contributed by atoms with Crippen LogP contribution in [0.4, 0.5) is 5.82 Å². The van der Waals surface area contributed by atoms with Gasteiger partial charge in [0, 0.05) is 13.3 Å². The van der Waals surface area contributed by atoms with E-state index in [1.54, 1.807) is 19.9 Å². The molecule has 2 N–H and O–H groups in total. The molecule has 40 heavy (non-hydrogen) atoms. The zero-order chi connectivity index (χ0) is 29.2. The average Bonchev–Trinajstić information content (AvgIpc) is 3.61. The second-order valence-corrected chi connectivity index (χ2v) is 9.74. The van der Waals surface area contributed by atoms with Gasteiger partial charge in [-0.3, -0.25) is 14.2 Å². The number of fused-ring (bicyclic) bond motifs is 1. The number of esters is 2. The number of rotatable bonds is 10. The van der Waals surface area contributed by atoms with E-state index in [-0.39, 0.29) is 41.9 Å². The van der Waals surface area contributed by atoms with Crippen molar-refractivity contribution in [2.45, 2.75) is 58.2 Å². The van der Waals surface area contributed by atoms with Crippen LogP contribution < -0.4 is 5.73 Å². The van der Waals surface area contributed by atoms with Crippen LogP contribution in [0.1, 0.15) is 39.5 Å². The molecule has 1 unspecified atom stereocenters. The first kappa shape index (κ1) is 29.0. The fourth-order valence-electron chi connectivity index (χ4n) is 4.61. The highest BCUT2D eigenvalue weighted by Crippen LogP contribution is 2.46. The van der Waals surface area contributed by atoms with Gasteiger partial charge in [0.1, 0.15) is 11.6 Å². The first-order chi connectivity index (χ1) is 19.0. The number of carbonyl (C=O) groups is 3. The molecular weight excluding hydrogens is 546 g/mol. The van der Waals surface area contributed by atoms with E-state index in [9.17, 15) is 14.4 Å². The van der Waals surface area contributed by atoms with Crippen molar-refractivity contribution in [1.29, 1.82) is 0 Å². The lowest BCUT2D eigenvalue weighted by atomic mass is 9.81. The molecule has 0 spiro atoms. The van der Waals surface area contributed by atoms with Gasteiger partial charge in [0.25, 0.3) is 0 Å². The third kappa shape index (κ3) is 5.13. The SMILES string of the molecule is C#C[C@@]1(C)[C@@H](COC(Cc2ccoc2)(C(C)=O)C(=O)OCC)O[C@@H](n2cnc3c(N)nc(Cl)nc32)[C@@H]1OC(C)=O. The van der Waals surface area contributed by atoms with Crippen LogP contribution >= 0.6 is 11.6 Å². The van der Waals surface area contributed by atoms with Gasteiger partial charge < -0.3 is 29.1 Å². The van der Waals surface area contributed by atoms with E-state index in [1.165, 1.54) is 37.3 Å². The third-order valence-electron chi connectivity index (χ3n) is 6.81. The molecule has 1 fully saturated rings. The van der Waals surface area contributed by atoms with Gasteiger partial charge in [-0.1, -0.05) is 5.92 Å². The Balaban J connectivity index is 1.74. The maximum Gasteiger partial charge on any atom is 0.346 e. The predicted molar refractivity (Wildman–Crippen MR) is 140 cm³/mol. The minimum atomic E-state index is -2.02. The number of hydrogen-bond acceptors (Lipinski definition) is 12. The number of nitrogens with zero attached hydrogens (tertiary/aromatic N) is 4. The first-order valence-corrected chi connectivity index (χ1v) is 12.6. The van der Waals surface area contributed by atoms with E-state index in [0.29, 0.717) is 5.56 Å². The number of halogens is 1. The van der Waals surface area contributed by atoms with Crippen LogP contribution in [0.2, 0.25) is 5.28 Å². The normalized spacial score (nSPS) is 23.9. The molecule has 0 aromatic carbocycles. The van der Waals surface area contributed by atoms with Crippen LogP contribution in [0.5, 0.6) is 0 Å². The molecule has 3 aromatic heterocycles. The molecule has 13 nitrogen and oxygen atoms in total. The molecule has 0 radical (unpaired) electrons. The number of aromatic nitrogens is 4. The number of hydrogen-bond donors (Lipinski definition) is 1. The van der Waals surface area contributed by atoms with Gasteiger partial charge in [0.05, 0.1) is 37.5 Å². The summed E-state index contributed by atoms with van der Waals surface area (Å²) in [6.45, 7) is 5.37. The van der Waals surface area contributed by atoms with E-state index in [0.717, 1.165) is 0 Å². The van der Waals surface area contributed by atoms with E-state index in [4.69, 9.17) is 47.1 Å². The van der Waals surface area contributed by atoms with Crippen molar-refractivity contribution in [3.63, 3.8) is 0 Å². The second kappa shape index (κ2) is 11.2. The number of ketones is 1. The highest BCUT2D eigenvalue weighted by molar-refractivity contribution is 6.28. The summed E-state index contributed by atoms with van der Waals surface area (Å²) >= 11 is 6.03. The van der Waals surface area contributed by atoms with Gasteiger partial charge in [-0.05, 0) is 44.0 Å². The Labute approximate surface area is 234 Å². The molecule has 3 aromatic rings. The lowest BCUT2D eigenvalue weighted by Crippen LogP contribution is -2.53. The molecule has 1 aliphatic heterocycles. The third-order valence-corrected chi connectivity index (χ3v) is 6.98. The van der Waals surface area contributed by atoms with Crippen molar-refractivity contribution in [2.24, 2.45) is 5.41 Å². The maximum absolute atomic E-state index is 13.1. The smallest absolute Gasteiger partial charge is 0.346 e. The molecule has 1 aliphatic rings. The van der Waals surface area contributed by atoms with Crippen LogP contribution in [-0.2, 0) is 39.8 Å². The number of anilines is 1. The largest absolute Gasteiger partial charge is 0.472 e. The first-order valence-electron chi connectivity index (χ1n) is 12.3. The number of nitrogens with two attached hydrogens (primary N) is 1. The van der Waals surface area contributed by atoms with Crippen LogP contribution in [0.3, 0.4) is 0 Å². The highest BCUT2D eigenvalue weighted by atomic mass is 35.5. The van der Waals surface area contributed by atoms with E-state index >= 15 is 0 Å². The van der Waals surface area contributed by atoms with Crippen molar-refractivity contribution >= 4 is 46.3 Å². The summed E-state index contributed by atoms with van der Waals surface area (Å²) in [6, 6.07) is 1.60. The lowest BCUT2D eigenvalue weighted by molar-refractivity contribution is -0.182. The van der Waals surface area contributed by atoms with Gasteiger partial charge >= 0.3 is 11.9 Å². The summed E-state index contributed by atoms with van der Waals surface area (Å²) in [6.07, 6.45) is 6.89. The van der Waals surface area contributed by atoms with Crippen molar-refractivity contribution in [3.8, 4) is 12.3 Å². The maximum atomic E-state index is 13.1. The Hall–Kier alpha value is -3.99. The molecule has 14 heteroatoms. The van der Waals surface area contributed by atoms with Gasteiger partial charge in [-0.25, -0.2) is 9.78 Å². The van der Waals surface area contributed by atoms with Gasteiger partial charge in [0.15, 0.2) is 29.6 Å². The summed E-state index contributed by atoms with van der Waals surface area (Å²) in [5.41, 5.74) is 3.62. The van der Waals surface area contributed by atoms with Crippen LogP contribution in [0.15, 0.2) is 29.3 Å². The second-order valence-electron chi connectivity index (χ2n) is 9.40. The van der Waals surface area contributed by atoms with Crippen molar-refractivity contribution < 1.29 is 37.7 Å². The lowest BCUT2D eigenvalue weighted by Gasteiger charge is -2.33. The molecule has 0 bridgehead atoms. The zero-order valence-electron chi connectivity index (χ0n) is 22.3. The molecule has 0 saturated carbocycles. The Bertz CT molecular complexity index is 1470. The minimum Gasteiger partial charge on any atom is -0.472 e. The van der Waals surface area contributed by atoms with Crippen molar-refractivity contribution in [3.05, 3.63) is 35.8 Å². The fraction of sp³-hybridized carbons (Fsp3) is 0.462. The van der Waals surface area contributed by atoms with E-state index in [1.807, 2.05) is 0 Å². The van der Waals surface area contributed by atoms with Crippen molar-refractivity contribution in [1.82, 2.24) is 19.5 Å². The molecule has 0 amide bonds. The van der Waals surface area contributed by atoms with Crippen LogP contribution in [-0.4, -0.2) is 68.3 Å². The Kier molecular flexibility index (Phi) is 8.15. The number of nitrogen functional groups attached to an aromatic ring is 1. The Morgan fingerprint density at radius 3 is 2.67 bits per heavy atom. The fourth-order valence-corrected chi connectivity index (χ4v) is 4.79. The topological polar surface area (TPSA) is 171 Å². The van der Waals surface area contributed by atoms with Gasteiger partial charge in [-0.2, -0.15) is 9.97 Å². The quantitative estimate of drug-likeness (QED) is 0.162. The van der Waals surface area contributed by atoms with Gasteiger partial charge in [-0.15, -0.1) is 6.42 Å². The zero-order valence-corrected chi connectivity index (χ0v) is 23.0. The standard InChI is InChI=1S/C26H28ClN5O8/c1-6-25(5)17(12-38-26(14(3)33,23(35)37-7-2)10-16-8-9-36-11-16)40-22(19(25)39-15(4)34)32-13-29-18-20(28)30-24(27)31-21(18)32/h1,8-9,11,13,17,19,22H,7,10,12H2,2-5H3,(H2,28,30,31)/t17-,19+,22-,25+,26?/m1/s1. The monoisotopic (exact) mass is 573 g/mol. The Morgan fingerprint density at radius 1 is 1.32 bits per heavy atom. The summed E-state index contributed by atoms with van der Waals surface area (Å²) in [5, 5.41) is -0.131. The average molecular weight is 574 g/mol. The number of Topliss-reactive ketones (excluding diaryl/α,β-unsaturated/α-hetero) is 1. The number of carbonyl (C=O) groups excluding carboxylic acids is 3. The van der Waals surface area contributed by atoms with Gasteiger partial charge in [0.2, 0.25) is 10.9 Å². The number of furan rings is 1. The molecule has 0 aliphatic carbocycles. The molecular formula is C26H28ClN5O8. The molecule has 1 saturated heterocycles. The summed E-state index contributed by atoms with van der Waals surface area (Å²) < 4.78 is 29.9.